The third-order valence-electron chi connectivity index (χ3n) is 1.15. The third kappa shape index (κ3) is 1.44. The molecule has 1 aromatic heterocycles. The summed E-state index contributed by atoms with van der Waals surface area (Å²) in [5.74, 6) is 0. The summed E-state index contributed by atoms with van der Waals surface area (Å²) in [6, 6.07) is 1.89. The smallest absolute Gasteiger partial charge is 0.152 e. The van der Waals surface area contributed by atoms with Crippen LogP contribution < -0.4 is 0 Å². The van der Waals surface area contributed by atoms with E-state index < -0.39 is 0 Å². The van der Waals surface area contributed by atoms with Crippen LogP contribution in [0.25, 0.3) is 0 Å². The van der Waals surface area contributed by atoms with Gasteiger partial charge in [-0.15, -0.1) is 0 Å². The molecule has 0 unspecified atom stereocenters. The summed E-state index contributed by atoms with van der Waals surface area (Å²) >= 11 is 11.3. The molecule has 1 heterocycles. The molecule has 1 aromatic rings. The zero-order chi connectivity index (χ0) is 7.72. The van der Waals surface area contributed by atoms with Crippen molar-refractivity contribution in [1.82, 2.24) is 9.78 Å². The molecular formula is C6H8Cl2N2. The highest BCUT2D eigenvalue weighted by atomic mass is 35.5. The first-order valence-corrected chi connectivity index (χ1v) is 3.77. The molecular weight excluding hydrogens is 171 g/mol. The second kappa shape index (κ2) is 2.81. The van der Waals surface area contributed by atoms with E-state index in [-0.39, 0.29) is 6.04 Å². The maximum atomic E-state index is 5.76. The zero-order valence-electron chi connectivity index (χ0n) is 5.81. The van der Waals surface area contributed by atoms with Crippen LogP contribution in [0.1, 0.15) is 19.9 Å². The SMILES string of the molecule is CC(C)n1nc(Cl)cc1Cl. The molecule has 0 N–H and O–H groups in total. The molecule has 0 saturated carbocycles. The highest BCUT2D eigenvalue weighted by molar-refractivity contribution is 6.33. The van der Waals surface area contributed by atoms with Crippen molar-refractivity contribution in [1.29, 1.82) is 0 Å². The Bertz CT molecular complexity index is 230. The molecule has 0 aliphatic carbocycles. The monoisotopic (exact) mass is 178 g/mol. The first-order valence-electron chi connectivity index (χ1n) is 3.02. The Kier molecular flexibility index (Phi) is 2.21. The van der Waals surface area contributed by atoms with Gasteiger partial charge in [0.2, 0.25) is 0 Å². The Morgan fingerprint density at radius 1 is 1.50 bits per heavy atom. The molecule has 0 aromatic carbocycles. The second-order valence-corrected chi connectivity index (χ2v) is 3.10. The van der Waals surface area contributed by atoms with Gasteiger partial charge in [-0.25, -0.2) is 0 Å². The number of halogens is 2. The molecule has 0 radical (unpaired) electrons. The normalized spacial score (nSPS) is 10.9. The lowest BCUT2D eigenvalue weighted by molar-refractivity contribution is 0.533. The minimum atomic E-state index is 0.264. The van der Waals surface area contributed by atoms with Crippen LogP contribution in [0.3, 0.4) is 0 Å². The van der Waals surface area contributed by atoms with Crippen LogP contribution in [-0.2, 0) is 0 Å². The summed E-state index contributed by atoms with van der Waals surface area (Å²) in [7, 11) is 0. The van der Waals surface area contributed by atoms with Gasteiger partial charge < -0.3 is 0 Å². The summed E-state index contributed by atoms with van der Waals surface area (Å²) in [5.41, 5.74) is 0. The van der Waals surface area contributed by atoms with Crippen molar-refractivity contribution >= 4 is 23.2 Å². The fourth-order valence-corrected chi connectivity index (χ4v) is 1.28. The zero-order valence-corrected chi connectivity index (χ0v) is 7.32. The Labute approximate surface area is 69.7 Å². The number of nitrogens with zero attached hydrogens (tertiary/aromatic N) is 2. The molecule has 0 aliphatic rings. The van der Waals surface area contributed by atoms with Crippen LogP contribution in [0, 0.1) is 0 Å². The van der Waals surface area contributed by atoms with Gasteiger partial charge in [0.15, 0.2) is 5.15 Å². The first kappa shape index (κ1) is 7.89. The number of aromatic nitrogens is 2. The van der Waals surface area contributed by atoms with Crippen molar-refractivity contribution in [3.8, 4) is 0 Å². The van der Waals surface area contributed by atoms with Gasteiger partial charge in [-0.05, 0) is 13.8 Å². The van der Waals surface area contributed by atoms with Crippen LogP contribution in [0.5, 0.6) is 0 Å². The Balaban J connectivity index is 3.03. The predicted molar refractivity (Wildman–Crippen MR) is 42.6 cm³/mol. The van der Waals surface area contributed by atoms with Crippen molar-refractivity contribution in [3.05, 3.63) is 16.4 Å². The first-order chi connectivity index (χ1) is 4.61. The Morgan fingerprint density at radius 3 is 2.30 bits per heavy atom. The highest BCUT2D eigenvalue weighted by Gasteiger charge is 2.05. The van der Waals surface area contributed by atoms with Crippen molar-refractivity contribution in [2.45, 2.75) is 19.9 Å². The van der Waals surface area contributed by atoms with E-state index in [1.807, 2.05) is 13.8 Å². The van der Waals surface area contributed by atoms with E-state index >= 15 is 0 Å². The van der Waals surface area contributed by atoms with E-state index in [2.05, 4.69) is 5.10 Å². The largest absolute Gasteiger partial charge is 0.250 e. The van der Waals surface area contributed by atoms with Crippen molar-refractivity contribution < 1.29 is 0 Å². The summed E-state index contributed by atoms with van der Waals surface area (Å²) in [4.78, 5) is 0. The highest BCUT2D eigenvalue weighted by Crippen LogP contribution is 2.18. The van der Waals surface area contributed by atoms with Crippen LogP contribution in [0.4, 0.5) is 0 Å². The van der Waals surface area contributed by atoms with Crippen molar-refractivity contribution in [3.63, 3.8) is 0 Å². The van der Waals surface area contributed by atoms with Crippen LogP contribution in [0.15, 0.2) is 6.07 Å². The molecule has 0 spiro atoms. The molecule has 1 rings (SSSR count). The van der Waals surface area contributed by atoms with Crippen LogP contribution in [0.2, 0.25) is 10.3 Å². The summed E-state index contributed by atoms with van der Waals surface area (Å²) in [5, 5.41) is 4.99. The van der Waals surface area contributed by atoms with Gasteiger partial charge in [-0.2, -0.15) is 5.10 Å². The van der Waals surface area contributed by atoms with Gasteiger partial charge in [0.05, 0.1) is 0 Å². The lowest BCUT2D eigenvalue weighted by Gasteiger charge is -2.04. The van der Waals surface area contributed by atoms with Crippen molar-refractivity contribution in [2.75, 3.05) is 0 Å². The Hall–Kier alpha value is -0.210. The summed E-state index contributed by atoms with van der Waals surface area (Å²) < 4.78 is 1.67. The standard InChI is InChI=1S/C6H8Cl2N2/c1-4(2)10-6(8)3-5(7)9-10/h3-4H,1-2H3. The molecule has 0 aliphatic heterocycles. The van der Waals surface area contributed by atoms with E-state index in [1.165, 1.54) is 0 Å². The van der Waals surface area contributed by atoms with E-state index in [4.69, 9.17) is 23.2 Å². The van der Waals surface area contributed by atoms with Gasteiger partial charge in [0.1, 0.15) is 5.15 Å². The molecule has 0 fully saturated rings. The molecule has 0 bridgehead atoms. The minimum Gasteiger partial charge on any atom is -0.250 e. The van der Waals surface area contributed by atoms with E-state index in [0.29, 0.717) is 10.3 Å². The quantitative estimate of drug-likeness (QED) is 0.648. The maximum Gasteiger partial charge on any atom is 0.152 e. The van der Waals surface area contributed by atoms with Gasteiger partial charge in [-0.1, -0.05) is 23.2 Å². The number of hydrogen-bond donors (Lipinski definition) is 0. The maximum absolute atomic E-state index is 5.76. The second-order valence-electron chi connectivity index (χ2n) is 2.33. The molecule has 56 valence electrons. The fraction of sp³-hybridized carbons (Fsp3) is 0.500. The summed E-state index contributed by atoms with van der Waals surface area (Å²) in [6.45, 7) is 3.99. The third-order valence-corrected chi connectivity index (χ3v) is 1.62. The van der Waals surface area contributed by atoms with Gasteiger partial charge in [0, 0.05) is 12.1 Å². The number of rotatable bonds is 1. The van der Waals surface area contributed by atoms with Gasteiger partial charge in [0.25, 0.3) is 0 Å². The van der Waals surface area contributed by atoms with Crippen molar-refractivity contribution in [2.24, 2.45) is 0 Å². The molecule has 4 heteroatoms. The molecule has 2 nitrogen and oxygen atoms in total. The van der Waals surface area contributed by atoms with Gasteiger partial charge >= 0.3 is 0 Å². The average molecular weight is 179 g/mol. The van der Waals surface area contributed by atoms with E-state index in [1.54, 1.807) is 10.7 Å². The predicted octanol–water partition coefficient (Wildman–Crippen LogP) is 2.77. The van der Waals surface area contributed by atoms with E-state index in [9.17, 15) is 0 Å². The topological polar surface area (TPSA) is 17.8 Å². The lowest BCUT2D eigenvalue weighted by Crippen LogP contribution is -2.01. The molecule has 10 heavy (non-hydrogen) atoms. The van der Waals surface area contributed by atoms with E-state index in [0.717, 1.165) is 0 Å². The Morgan fingerprint density at radius 2 is 2.10 bits per heavy atom. The molecule has 0 amide bonds. The fourth-order valence-electron chi connectivity index (χ4n) is 0.706. The van der Waals surface area contributed by atoms with Crippen LogP contribution in [-0.4, -0.2) is 9.78 Å². The van der Waals surface area contributed by atoms with Gasteiger partial charge in [-0.3, -0.25) is 4.68 Å². The number of hydrogen-bond acceptors (Lipinski definition) is 1. The minimum absolute atomic E-state index is 0.264. The molecule has 0 saturated heterocycles. The van der Waals surface area contributed by atoms with Crippen LogP contribution >= 0.6 is 23.2 Å². The average Bonchev–Trinajstić information content (AvgIpc) is 2.10. The molecule has 0 atom stereocenters. The summed E-state index contributed by atoms with van der Waals surface area (Å²) in [6.07, 6.45) is 0. The lowest BCUT2D eigenvalue weighted by atomic mass is 10.4.